The molecule has 1 aliphatic carbocycles. The number of allylic oxidation sites excluding steroid dienone is 1. The predicted octanol–water partition coefficient (Wildman–Crippen LogP) is 1.06. The minimum atomic E-state index is 0.574. The van der Waals surface area contributed by atoms with Gasteiger partial charge in [0.25, 0.3) is 0 Å². The van der Waals surface area contributed by atoms with Crippen LogP contribution in [0.15, 0.2) is 11.8 Å². The summed E-state index contributed by atoms with van der Waals surface area (Å²) in [5, 5.41) is 0. The fourth-order valence-corrected chi connectivity index (χ4v) is 0.888. The quantitative estimate of drug-likeness (QED) is 0.398. The maximum atomic E-state index is 5.01. The van der Waals surface area contributed by atoms with Gasteiger partial charge in [0.2, 0.25) is 0 Å². The van der Waals surface area contributed by atoms with Crippen molar-refractivity contribution in [2.45, 2.75) is 18.9 Å². The SMILES string of the molecule is C1=C2OC2CC1. The van der Waals surface area contributed by atoms with Gasteiger partial charge in [0, 0.05) is 0 Å². The van der Waals surface area contributed by atoms with E-state index in [1.54, 1.807) is 0 Å². The van der Waals surface area contributed by atoms with Gasteiger partial charge in [-0.2, -0.15) is 0 Å². The highest BCUT2D eigenvalue weighted by molar-refractivity contribution is 5.18. The van der Waals surface area contributed by atoms with Crippen molar-refractivity contribution >= 4 is 0 Å². The lowest BCUT2D eigenvalue weighted by atomic mass is 10.4. The van der Waals surface area contributed by atoms with Crippen molar-refractivity contribution in [3.8, 4) is 0 Å². The molecule has 1 nitrogen and oxygen atoms in total. The van der Waals surface area contributed by atoms with E-state index in [4.69, 9.17) is 4.74 Å². The third-order valence-corrected chi connectivity index (χ3v) is 1.31. The summed E-state index contributed by atoms with van der Waals surface area (Å²) in [7, 11) is 0. The van der Waals surface area contributed by atoms with Crippen molar-refractivity contribution in [1.82, 2.24) is 0 Å². The molecule has 0 saturated carbocycles. The van der Waals surface area contributed by atoms with Crippen LogP contribution in [0.1, 0.15) is 12.8 Å². The van der Waals surface area contributed by atoms with Crippen LogP contribution in [-0.4, -0.2) is 6.10 Å². The summed E-state index contributed by atoms with van der Waals surface area (Å²) in [4.78, 5) is 0. The Kier molecular flexibility index (Phi) is 0.278. The number of rotatable bonds is 0. The molecule has 0 aromatic carbocycles. The van der Waals surface area contributed by atoms with Crippen molar-refractivity contribution < 1.29 is 4.74 Å². The number of epoxide rings is 1. The van der Waals surface area contributed by atoms with Gasteiger partial charge in [-0.05, 0) is 18.9 Å². The van der Waals surface area contributed by atoms with Gasteiger partial charge < -0.3 is 4.74 Å². The van der Waals surface area contributed by atoms with Crippen LogP contribution in [-0.2, 0) is 4.74 Å². The summed E-state index contributed by atoms with van der Waals surface area (Å²) < 4.78 is 5.01. The summed E-state index contributed by atoms with van der Waals surface area (Å²) in [6.45, 7) is 0. The average Bonchev–Trinajstić information content (AvgIpc) is 2.17. The lowest BCUT2D eigenvalue weighted by molar-refractivity contribution is 0.404. The molecule has 0 radical (unpaired) electrons. The van der Waals surface area contributed by atoms with Gasteiger partial charge >= 0.3 is 0 Å². The molecule has 0 aromatic rings. The Hall–Kier alpha value is -0.460. The molecule has 0 N–H and O–H groups in total. The molecule has 6 heavy (non-hydrogen) atoms. The molecule has 1 atom stereocenters. The summed E-state index contributed by atoms with van der Waals surface area (Å²) >= 11 is 0. The van der Waals surface area contributed by atoms with Crippen molar-refractivity contribution in [2.75, 3.05) is 0 Å². The fourth-order valence-electron chi connectivity index (χ4n) is 0.888. The van der Waals surface area contributed by atoms with Gasteiger partial charge in [-0.1, -0.05) is 0 Å². The maximum absolute atomic E-state index is 5.01. The molecular weight excluding hydrogens is 76.1 g/mol. The zero-order valence-electron chi connectivity index (χ0n) is 3.48. The van der Waals surface area contributed by atoms with Crippen LogP contribution < -0.4 is 0 Å². The first kappa shape index (κ1) is 2.67. The molecule has 0 amide bonds. The average molecular weight is 82.1 g/mol. The van der Waals surface area contributed by atoms with E-state index < -0.39 is 0 Å². The minimum absolute atomic E-state index is 0.574. The first-order valence-corrected chi connectivity index (χ1v) is 2.33. The molecule has 32 valence electrons. The zero-order valence-corrected chi connectivity index (χ0v) is 3.48. The first-order chi connectivity index (χ1) is 2.97. The molecule has 0 spiro atoms. The van der Waals surface area contributed by atoms with Crippen molar-refractivity contribution in [2.24, 2.45) is 0 Å². The number of ether oxygens (including phenoxy) is 1. The Morgan fingerprint density at radius 2 is 2.83 bits per heavy atom. The number of hydrogen-bond donors (Lipinski definition) is 0. The topological polar surface area (TPSA) is 12.5 Å². The summed E-state index contributed by atoms with van der Waals surface area (Å²) in [6, 6.07) is 0. The van der Waals surface area contributed by atoms with Gasteiger partial charge in [-0.3, -0.25) is 0 Å². The van der Waals surface area contributed by atoms with Crippen molar-refractivity contribution in [3.63, 3.8) is 0 Å². The van der Waals surface area contributed by atoms with E-state index in [1.165, 1.54) is 18.6 Å². The van der Waals surface area contributed by atoms with E-state index in [0.29, 0.717) is 6.10 Å². The molecule has 2 aliphatic rings. The molecule has 1 fully saturated rings. The molecule has 1 heteroatoms. The standard InChI is InChI=1S/C5H6O/c1-2-4-5(3-1)6-4/h2,5H,1,3H2. The zero-order chi connectivity index (χ0) is 3.98. The Bertz CT molecular complexity index is 105. The molecule has 2 rings (SSSR count). The Labute approximate surface area is 36.6 Å². The van der Waals surface area contributed by atoms with Gasteiger partial charge in [-0.25, -0.2) is 0 Å². The van der Waals surface area contributed by atoms with Crippen LogP contribution in [0, 0.1) is 0 Å². The van der Waals surface area contributed by atoms with Crippen LogP contribution >= 0.6 is 0 Å². The van der Waals surface area contributed by atoms with Crippen LogP contribution in [0.25, 0.3) is 0 Å². The molecule has 1 aliphatic heterocycles. The molecule has 1 heterocycles. The first-order valence-electron chi connectivity index (χ1n) is 2.33. The Morgan fingerprint density at radius 1 is 1.83 bits per heavy atom. The highest BCUT2D eigenvalue weighted by Crippen LogP contribution is 2.36. The van der Waals surface area contributed by atoms with E-state index in [-0.39, 0.29) is 0 Å². The van der Waals surface area contributed by atoms with E-state index >= 15 is 0 Å². The van der Waals surface area contributed by atoms with Gasteiger partial charge in [0.05, 0.1) is 0 Å². The number of fused-ring (bicyclic) bond motifs is 1. The largest absolute Gasteiger partial charge is 0.483 e. The summed E-state index contributed by atoms with van der Waals surface area (Å²) in [5.41, 5.74) is 0. The normalized spacial score (nSPS) is 37.3. The molecule has 1 unspecified atom stereocenters. The molecule has 0 aromatic heterocycles. The van der Waals surface area contributed by atoms with Crippen LogP contribution in [0.4, 0.5) is 0 Å². The summed E-state index contributed by atoms with van der Waals surface area (Å²) in [6.07, 6.45) is 5.24. The monoisotopic (exact) mass is 82.0 g/mol. The number of hydrogen-bond acceptors (Lipinski definition) is 1. The Morgan fingerprint density at radius 3 is 3.00 bits per heavy atom. The maximum Gasteiger partial charge on any atom is 0.155 e. The van der Waals surface area contributed by atoms with Gasteiger partial charge in [-0.15, -0.1) is 0 Å². The smallest absolute Gasteiger partial charge is 0.155 e. The van der Waals surface area contributed by atoms with Crippen LogP contribution in [0.5, 0.6) is 0 Å². The highest BCUT2D eigenvalue weighted by atomic mass is 16.6. The van der Waals surface area contributed by atoms with E-state index in [1.807, 2.05) is 0 Å². The van der Waals surface area contributed by atoms with E-state index in [9.17, 15) is 0 Å². The van der Waals surface area contributed by atoms with Crippen LogP contribution in [0.2, 0.25) is 0 Å². The van der Waals surface area contributed by atoms with Crippen LogP contribution in [0.3, 0.4) is 0 Å². The predicted molar refractivity (Wildman–Crippen MR) is 22.2 cm³/mol. The second-order valence-electron chi connectivity index (χ2n) is 1.79. The third-order valence-electron chi connectivity index (χ3n) is 1.31. The third kappa shape index (κ3) is 0.171. The molecule has 1 saturated heterocycles. The van der Waals surface area contributed by atoms with E-state index in [0.717, 1.165) is 0 Å². The van der Waals surface area contributed by atoms with Gasteiger partial charge in [0.15, 0.2) is 6.10 Å². The highest BCUT2D eigenvalue weighted by Gasteiger charge is 2.35. The van der Waals surface area contributed by atoms with Crippen molar-refractivity contribution in [3.05, 3.63) is 11.8 Å². The molecular formula is C5H6O. The lowest BCUT2D eigenvalue weighted by Crippen LogP contribution is -1.72. The fraction of sp³-hybridized carbons (Fsp3) is 0.600. The molecule has 0 bridgehead atoms. The minimum Gasteiger partial charge on any atom is -0.483 e. The lowest BCUT2D eigenvalue weighted by Gasteiger charge is -1.77. The van der Waals surface area contributed by atoms with E-state index in [2.05, 4.69) is 6.08 Å². The summed E-state index contributed by atoms with van der Waals surface area (Å²) in [5.74, 6) is 1.25. The van der Waals surface area contributed by atoms with Crippen molar-refractivity contribution in [1.29, 1.82) is 0 Å². The second kappa shape index (κ2) is 0.625. The second-order valence-corrected chi connectivity index (χ2v) is 1.79. The van der Waals surface area contributed by atoms with Gasteiger partial charge in [0.1, 0.15) is 5.76 Å². The Balaban J connectivity index is 2.35.